The standard InChI is InChI=1S/C29H29ClN4O7S/c1-29(2,3)31-26(35)20-11-14-24(23(16-20)40-4)42(38,39)34-28(37)33(25(32-34)19-9-12-22(30)13-10-19)17-18-7-6-8-21(15-18)27(36)41-5/h6-16H,17H2,1-5H3,(H,31,35). The third-order valence-electron chi connectivity index (χ3n) is 6.05. The van der Waals surface area contributed by atoms with Gasteiger partial charge in [-0.25, -0.2) is 9.59 Å². The topological polar surface area (TPSA) is 139 Å². The van der Waals surface area contributed by atoms with Crippen LogP contribution in [0.25, 0.3) is 11.4 Å². The third-order valence-corrected chi connectivity index (χ3v) is 7.89. The van der Waals surface area contributed by atoms with E-state index in [0.717, 1.165) is 0 Å². The highest BCUT2D eigenvalue weighted by atomic mass is 35.5. The van der Waals surface area contributed by atoms with Crippen LogP contribution in [0.1, 0.15) is 47.1 Å². The smallest absolute Gasteiger partial charge is 0.361 e. The van der Waals surface area contributed by atoms with E-state index >= 15 is 0 Å². The molecule has 0 unspecified atom stereocenters. The number of amides is 1. The summed E-state index contributed by atoms with van der Waals surface area (Å²) in [6.07, 6.45) is 0. The van der Waals surface area contributed by atoms with Gasteiger partial charge in [0.2, 0.25) is 0 Å². The maximum atomic E-state index is 13.9. The summed E-state index contributed by atoms with van der Waals surface area (Å²) >= 11 is 6.05. The van der Waals surface area contributed by atoms with Crippen molar-refractivity contribution in [1.29, 1.82) is 0 Å². The van der Waals surface area contributed by atoms with Gasteiger partial charge in [0.15, 0.2) is 5.82 Å². The van der Waals surface area contributed by atoms with Crippen LogP contribution in [-0.2, 0) is 21.3 Å². The number of aromatic nitrogens is 3. The molecule has 42 heavy (non-hydrogen) atoms. The van der Waals surface area contributed by atoms with Crippen molar-refractivity contribution < 1.29 is 27.5 Å². The minimum Gasteiger partial charge on any atom is -0.495 e. The summed E-state index contributed by atoms with van der Waals surface area (Å²) in [6.45, 7) is 5.33. The molecule has 0 saturated carbocycles. The number of hydrogen-bond acceptors (Lipinski definition) is 8. The zero-order valence-corrected chi connectivity index (χ0v) is 25.1. The van der Waals surface area contributed by atoms with E-state index in [0.29, 0.717) is 20.2 Å². The first kappa shape index (κ1) is 30.5. The summed E-state index contributed by atoms with van der Waals surface area (Å²) in [4.78, 5) is 38.1. The average molecular weight is 613 g/mol. The second-order valence-corrected chi connectivity index (χ2v) is 12.5. The first-order chi connectivity index (χ1) is 19.7. The van der Waals surface area contributed by atoms with Crippen molar-refractivity contribution in [3.05, 3.63) is 98.9 Å². The van der Waals surface area contributed by atoms with Crippen LogP contribution < -0.4 is 15.7 Å². The monoisotopic (exact) mass is 612 g/mol. The van der Waals surface area contributed by atoms with Crippen molar-refractivity contribution in [3.63, 3.8) is 0 Å². The van der Waals surface area contributed by atoms with Crippen LogP contribution in [-0.4, -0.2) is 53.8 Å². The van der Waals surface area contributed by atoms with Gasteiger partial charge in [0, 0.05) is 21.7 Å². The van der Waals surface area contributed by atoms with Crippen LogP contribution in [0.4, 0.5) is 0 Å². The fraction of sp³-hybridized carbons (Fsp3) is 0.241. The van der Waals surface area contributed by atoms with Crippen LogP contribution in [0.2, 0.25) is 5.02 Å². The van der Waals surface area contributed by atoms with Gasteiger partial charge in [0.1, 0.15) is 10.6 Å². The van der Waals surface area contributed by atoms with Gasteiger partial charge < -0.3 is 14.8 Å². The predicted molar refractivity (Wildman–Crippen MR) is 157 cm³/mol. The Morgan fingerprint density at radius 3 is 2.29 bits per heavy atom. The van der Waals surface area contributed by atoms with Gasteiger partial charge in [-0.1, -0.05) is 27.8 Å². The number of carbonyl (C=O) groups excluding carboxylic acids is 2. The van der Waals surface area contributed by atoms with Crippen molar-refractivity contribution in [2.45, 2.75) is 37.8 Å². The molecule has 1 heterocycles. The lowest BCUT2D eigenvalue weighted by molar-refractivity contribution is 0.0600. The lowest BCUT2D eigenvalue weighted by atomic mass is 10.1. The lowest BCUT2D eigenvalue weighted by Crippen LogP contribution is -2.40. The molecular weight excluding hydrogens is 584 g/mol. The third kappa shape index (κ3) is 6.39. The van der Waals surface area contributed by atoms with Gasteiger partial charge in [0.05, 0.1) is 26.3 Å². The fourth-order valence-electron chi connectivity index (χ4n) is 4.11. The fourth-order valence-corrected chi connectivity index (χ4v) is 5.55. The number of rotatable bonds is 8. The quantitative estimate of drug-likeness (QED) is 0.295. The lowest BCUT2D eigenvalue weighted by Gasteiger charge is -2.21. The van der Waals surface area contributed by atoms with Crippen molar-refractivity contribution in [2.24, 2.45) is 0 Å². The molecule has 0 aliphatic heterocycles. The molecule has 0 bridgehead atoms. The summed E-state index contributed by atoms with van der Waals surface area (Å²) in [5.41, 5.74) is -0.0963. The second-order valence-electron chi connectivity index (χ2n) is 10.3. The van der Waals surface area contributed by atoms with Crippen LogP contribution in [0.3, 0.4) is 0 Å². The molecule has 1 aromatic heterocycles. The number of nitrogens with one attached hydrogen (secondary N) is 1. The Labute approximate surface area is 247 Å². The number of nitrogens with zero attached hydrogens (tertiary/aromatic N) is 3. The zero-order chi connectivity index (χ0) is 30.8. The van der Waals surface area contributed by atoms with Crippen molar-refractivity contribution in [2.75, 3.05) is 14.2 Å². The Kier molecular flexibility index (Phi) is 8.60. The van der Waals surface area contributed by atoms with E-state index in [9.17, 15) is 22.8 Å². The van der Waals surface area contributed by atoms with Crippen LogP contribution in [0.5, 0.6) is 5.75 Å². The molecule has 0 atom stereocenters. The Balaban J connectivity index is 1.85. The molecule has 1 N–H and O–H groups in total. The maximum absolute atomic E-state index is 13.9. The highest BCUT2D eigenvalue weighted by Crippen LogP contribution is 2.28. The van der Waals surface area contributed by atoms with E-state index < -0.39 is 33.1 Å². The largest absolute Gasteiger partial charge is 0.495 e. The second kappa shape index (κ2) is 11.8. The molecule has 0 aliphatic rings. The molecule has 13 heteroatoms. The van der Waals surface area contributed by atoms with Crippen molar-refractivity contribution in [3.8, 4) is 17.1 Å². The molecule has 0 aliphatic carbocycles. The average Bonchev–Trinajstić information content (AvgIpc) is 3.28. The molecule has 11 nitrogen and oxygen atoms in total. The van der Waals surface area contributed by atoms with E-state index in [1.54, 1.807) is 48.5 Å². The summed E-state index contributed by atoms with van der Waals surface area (Å²) in [7, 11) is -2.10. The predicted octanol–water partition coefficient (Wildman–Crippen LogP) is 3.97. The number of ether oxygens (including phenoxy) is 2. The molecule has 0 spiro atoms. The maximum Gasteiger partial charge on any atom is 0.361 e. The summed E-state index contributed by atoms with van der Waals surface area (Å²) in [6, 6.07) is 16.6. The van der Waals surface area contributed by atoms with E-state index in [2.05, 4.69) is 10.4 Å². The van der Waals surface area contributed by atoms with Crippen molar-refractivity contribution in [1.82, 2.24) is 19.1 Å². The van der Waals surface area contributed by atoms with Gasteiger partial charge >= 0.3 is 11.7 Å². The van der Waals surface area contributed by atoms with Gasteiger partial charge in [-0.05, 0) is 80.9 Å². The molecule has 0 saturated heterocycles. The number of esters is 1. The molecule has 220 valence electrons. The number of benzene rings is 3. The van der Waals surface area contributed by atoms with Crippen LogP contribution in [0, 0.1) is 0 Å². The minimum atomic E-state index is -4.61. The van der Waals surface area contributed by atoms with Crippen molar-refractivity contribution >= 4 is 33.5 Å². The Morgan fingerprint density at radius 1 is 0.976 bits per heavy atom. The van der Waals surface area contributed by atoms with Gasteiger partial charge in [0.25, 0.3) is 15.9 Å². The Hall–Kier alpha value is -4.42. The van der Waals surface area contributed by atoms with E-state index in [-0.39, 0.29) is 34.1 Å². The van der Waals surface area contributed by atoms with E-state index in [4.69, 9.17) is 21.1 Å². The van der Waals surface area contributed by atoms with Crippen LogP contribution >= 0.6 is 11.6 Å². The first-order valence-corrected chi connectivity index (χ1v) is 14.5. The molecular formula is C29H29ClN4O7S. The highest BCUT2D eigenvalue weighted by molar-refractivity contribution is 7.90. The summed E-state index contributed by atoms with van der Waals surface area (Å²) < 4.78 is 39.4. The molecule has 4 aromatic rings. The molecule has 0 radical (unpaired) electrons. The number of halogens is 1. The number of hydrogen-bond donors (Lipinski definition) is 1. The molecule has 3 aromatic carbocycles. The Bertz CT molecular complexity index is 1820. The minimum absolute atomic E-state index is 0.0452. The van der Waals surface area contributed by atoms with Gasteiger partial charge in [-0.3, -0.25) is 9.36 Å². The normalized spacial score (nSPS) is 11.7. The van der Waals surface area contributed by atoms with Gasteiger partial charge in [-0.2, -0.15) is 8.42 Å². The zero-order valence-electron chi connectivity index (χ0n) is 23.5. The highest BCUT2D eigenvalue weighted by Gasteiger charge is 2.30. The first-order valence-electron chi connectivity index (χ1n) is 12.6. The van der Waals surface area contributed by atoms with E-state index in [1.165, 1.54) is 37.0 Å². The summed E-state index contributed by atoms with van der Waals surface area (Å²) in [5, 5.41) is 7.46. The van der Waals surface area contributed by atoms with E-state index in [1.807, 2.05) is 20.8 Å². The van der Waals surface area contributed by atoms with Gasteiger partial charge in [-0.15, -0.1) is 5.10 Å². The summed E-state index contributed by atoms with van der Waals surface area (Å²) in [5.74, 6) is -1.08. The number of methoxy groups -OCH3 is 2. The number of carbonyl (C=O) groups is 2. The molecule has 0 fully saturated rings. The van der Waals surface area contributed by atoms with Crippen LogP contribution in [0.15, 0.2) is 76.4 Å². The Morgan fingerprint density at radius 2 is 1.67 bits per heavy atom. The SMILES string of the molecule is COC(=O)c1cccc(Cn2c(-c3ccc(Cl)cc3)nn(S(=O)(=O)c3ccc(C(=O)NC(C)(C)C)cc3OC)c2=O)c1. The molecule has 4 rings (SSSR count). The molecule has 1 amide bonds.